The molecule has 0 saturated heterocycles. The summed E-state index contributed by atoms with van der Waals surface area (Å²) in [6.07, 6.45) is 3.89. The molecule has 0 bridgehead atoms. The molecule has 0 saturated carbocycles. The van der Waals surface area contributed by atoms with Crippen molar-refractivity contribution in [2.45, 2.75) is 6.92 Å². The molecule has 0 fully saturated rings. The Hall–Kier alpha value is -1.11. The molecular weight excluding hydrogens is 237 g/mol. The first-order valence-electron chi connectivity index (χ1n) is 4.58. The first-order chi connectivity index (χ1) is 6.86. The van der Waals surface area contributed by atoms with Crippen molar-refractivity contribution in [2.75, 3.05) is 0 Å². The van der Waals surface area contributed by atoms with Crippen molar-refractivity contribution in [3.8, 4) is 0 Å². The first-order valence-corrected chi connectivity index (χ1v) is 6.29. The Balaban J connectivity index is 2.65. The van der Waals surface area contributed by atoms with Gasteiger partial charge in [-0.15, -0.1) is 0 Å². The van der Waals surface area contributed by atoms with E-state index in [-0.39, 0.29) is 0 Å². The van der Waals surface area contributed by atoms with Crippen LogP contribution >= 0.6 is 0 Å². The number of aryl methyl sites for hydroxylation is 1. The molecule has 0 aliphatic heterocycles. The molecule has 3 rings (SSSR count). The Morgan fingerprint density at radius 1 is 1.14 bits per heavy atom. The minimum absolute atomic E-state index is 0.463. The fourth-order valence-electron chi connectivity index (χ4n) is 1.86. The van der Waals surface area contributed by atoms with E-state index in [9.17, 15) is 0 Å². The SMILES string of the molecule is Cc1cccc2[se]c3cnccc3c12. The van der Waals surface area contributed by atoms with Crippen LogP contribution in [-0.4, -0.2) is 19.5 Å². The van der Waals surface area contributed by atoms with Crippen molar-refractivity contribution in [3.05, 3.63) is 42.2 Å². The summed E-state index contributed by atoms with van der Waals surface area (Å²) in [5.41, 5.74) is 1.38. The third-order valence-electron chi connectivity index (χ3n) is 2.51. The Bertz CT molecular complexity index is 610. The number of rotatable bonds is 0. The van der Waals surface area contributed by atoms with E-state index in [0.29, 0.717) is 14.5 Å². The van der Waals surface area contributed by atoms with Gasteiger partial charge in [0.05, 0.1) is 0 Å². The molecule has 0 radical (unpaired) electrons. The molecule has 0 unspecified atom stereocenters. The number of aromatic nitrogens is 1. The summed E-state index contributed by atoms with van der Waals surface area (Å²) >= 11 is 0.463. The summed E-state index contributed by atoms with van der Waals surface area (Å²) in [6, 6.07) is 8.71. The average molecular weight is 246 g/mol. The van der Waals surface area contributed by atoms with Gasteiger partial charge >= 0.3 is 87.9 Å². The Labute approximate surface area is 88.1 Å². The van der Waals surface area contributed by atoms with Crippen LogP contribution in [-0.2, 0) is 0 Å². The van der Waals surface area contributed by atoms with E-state index < -0.39 is 0 Å². The van der Waals surface area contributed by atoms with Crippen molar-refractivity contribution in [2.24, 2.45) is 0 Å². The molecular formula is C12H9NSe. The van der Waals surface area contributed by atoms with Crippen molar-refractivity contribution in [1.29, 1.82) is 0 Å². The molecule has 2 heteroatoms. The van der Waals surface area contributed by atoms with E-state index in [4.69, 9.17) is 0 Å². The van der Waals surface area contributed by atoms with Crippen LogP contribution < -0.4 is 0 Å². The van der Waals surface area contributed by atoms with Gasteiger partial charge < -0.3 is 0 Å². The second kappa shape index (κ2) is 2.94. The predicted octanol–water partition coefficient (Wildman–Crippen LogP) is 2.75. The van der Waals surface area contributed by atoms with Gasteiger partial charge in [-0.1, -0.05) is 0 Å². The van der Waals surface area contributed by atoms with Gasteiger partial charge in [0.2, 0.25) is 0 Å². The third kappa shape index (κ3) is 1.05. The number of fused-ring (bicyclic) bond motifs is 3. The van der Waals surface area contributed by atoms with Gasteiger partial charge in [-0.3, -0.25) is 0 Å². The fraction of sp³-hybridized carbons (Fsp3) is 0.0833. The molecule has 0 N–H and O–H groups in total. The molecule has 2 heterocycles. The number of nitrogens with zero attached hydrogens (tertiary/aromatic N) is 1. The van der Waals surface area contributed by atoms with Crippen LogP contribution in [0.5, 0.6) is 0 Å². The molecule has 2 aromatic heterocycles. The van der Waals surface area contributed by atoms with Crippen LogP contribution in [0.3, 0.4) is 0 Å². The second-order valence-corrected chi connectivity index (χ2v) is 5.70. The van der Waals surface area contributed by atoms with Gasteiger partial charge in [0.15, 0.2) is 0 Å². The van der Waals surface area contributed by atoms with Gasteiger partial charge in [0.25, 0.3) is 0 Å². The van der Waals surface area contributed by atoms with E-state index in [1.807, 2.05) is 12.4 Å². The van der Waals surface area contributed by atoms with E-state index in [1.165, 1.54) is 24.9 Å². The summed E-state index contributed by atoms with van der Waals surface area (Å²) < 4.78 is 2.92. The summed E-state index contributed by atoms with van der Waals surface area (Å²) in [7, 11) is 0. The zero-order chi connectivity index (χ0) is 9.54. The van der Waals surface area contributed by atoms with Gasteiger partial charge in [-0.25, -0.2) is 0 Å². The van der Waals surface area contributed by atoms with Gasteiger partial charge in [0, 0.05) is 0 Å². The molecule has 68 valence electrons. The summed E-state index contributed by atoms with van der Waals surface area (Å²) in [5, 5.41) is 2.85. The van der Waals surface area contributed by atoms with Crippen molar-refractivity contribution < 1.29 is 0 Å². The molecule has 0 spiro atoms. The predicted molar refractivity (Wildman–Crippen MR) is 60.9 cm³/mol. The molecule has 14 heavy (non-hydrogen) atoms. The van der Waals surface area contributed by atoms with Crippen molar-refractivity contribution >= 4 is 33.8 Å². The Kier molecular flexibility index (Phi) is 1.73. The molecule has 0 aliphatic rings. The van der Waals surface area contributed by atoms with Gasteiger partial charge in [-0.05, 0) is 0 Å². The van der Waals surface area contributed by atoms with E-state index in [0.717, 1.165) is 0 Å². The molecule has 1 aromatic carbocycles. The van der Waals surface area contributed by atoms with Gasteiger partial charge in [-0.2, -0.15) is 0 Å². The first kappa shape index (κ1) is 8.22. The standard InChI is InChI=1S/C12H9NSe/c1-8-3-2-4-10-12(8)9-5-6-13-7-11(9)14-10/h2-7H,1H3. The number of hydrogen-bond acceptors (Lipinski definition) is 1. The fourth-order valence-corrected chi connectivity index (χ4v) is 4.27. The van der Waals surface area contributed by atoms with Crippen molar-refractivity contribution in [3.63, 3.8) is 0 Å². The Morgan fingerprint density at radius 3 is 3.00 bits per heavy atom. The maximum atomic E-state index is 4.18. The van der Waals surface area contributed by atoms with Gasteiger partial charge in [0.1, 0.15) is 0 Å². The van der Waals surface area contributed by atoms with E-state index in [1.54, 1.807) is 0 Å². The molecule has 0 aliphatic carbocycles. The molecule has 3 aromatic rings. The molecule has 1 nitrogen and oxygen atoms in total. The summed E-state index contributed by atoms with van der Waals surface area (Å²) in [6.45, 7) is 2.18. The second-order valence-electron chi connectivity index (χ2n) is 3.42. The zero-order valence-corrected chi connectivity index (χ0v) is 9.53. The van der Waals surface area contributed by atoms with Crippen LogP contribution in [0.1, 0.15) is 5.56 Å². The van der Waals surface area contributed by atoms with Crippen LogP contribution in [0.2, 0.25) is 0 Å². The molecule has 0 amide bonds. The van der Waals surface area contributed by atoms with Crippen LogP contribution in [0.15, 0.2) is 36.7 Å². The number of pyridine rings is 1. The topological polar surface area (TPSA) is 12.9 Å². The van der Waals surface area contributed by atoms with Crippen LogP contribution in [0, 0.1) is 6.92 Å². The van der Waals surface area contributed by atoms with Crippen LogP contribution in [0.25, 0.3) is 19.3 Å². The zero-order valence-electron chi connectivity index (χ0n) is 7.82. The van der Waals surface area contributed by atoms with E-state index in [2.05, 4.69) is 36.2 Å². The third-order valence-corrected chi connectivity index (χ3v) is 4.83. The molecule has 0 atom stereocenters. The Morgan fingerprint density at radius 2 is 2.07 bits per heavy atom. The summed E-state index contributed by atoms with van der Waals surface area (Å²) in [5.74, 6) is 0. The maximum absolute atomic E-state index is 4.18. The quantitative estimate of drug-likeness (QED) is 0.556. The van der Waals surface area contributed by atoms with E-state index >= 15 is 0 Å². The minimum atomic E-state index is 0.463. The number of benzene rings is 1. The number of hydrogen-bond donors (Lipinski definition) is 0. The normalized spacial score (nSPS) is 11.2. The monoisotopic (exact) mass is 247 g/mol. The summed E-state index contributed by atoms with van der Waals surface area (Å²) in [4.78, 5) is 4.18. The average Bonchev–Trinajstić information content (AvgIpc) is 2.57. The van der Waals surface area contributed by atoms with Crippen molar-refractivity contribution in [1.82, 2.24) is 4.98 Å². The van der Waals surface area contributed by atoms with Crippen LogP contribution in [0.4, 0.5) is 0 Å².